The summed E-state index contributed by atoms with van der Waals surface area (Å²) in [6.07, 6.45) is 0.476. The number of hydrogen-bond donors (Lipinski definition) is 2. The molecule has 7 heteroatoms. The normalized spacial score (nSPS) is 11.8. The van der Waals surface area contributed by atoms with Gasteiger partial charge in [0.25, 0.3) is 0 Å². The second-order valence-corrected chi connectivity index (χ2v) is 7.32. The lowest BCUT2D eigenvalue weighted by Crippen LogP contribution is -2.26. The molecule has 0 radical (unpaired) electrons. The van der Waals surface area contributed by atoms with Gasteiger partial charge in [0.1, 0.15) is 5.82 Å². The topological polar surface area (TPSA) is 66.4 Å². The Bertz CT molecular complexity index is 726. The summed E-state index contributed by atoms with van der Waals surface area (Å²) in [5.41, 5.74) is 1.69. The number of aliphatic hydroxyl groups is 1. The Kier molecular flexibility index (Phi) is 5.10. The van der Waals surface area contributed by atoms with Crippen molar-refractivity contribution >= 4 is 21.4 Å². The van der Waals surface area contributed by atoms with Gasteiger partial charge in [0.2, 0.25) is 10.0 Å². The third kappa shape index (κ3) is 3.88. The Morgan fingerprint density at radius 1 is 1.33 bits per heavy atom. The maximum absolute atomic E-state index is 13.0. The van der Waals surface area contributed by atoms with Gasteiger partial charge in [0, 0.05) is 11.4 Å². The molecule has 4 nitrogen and oxygen atoms in total. The highest BCUT2D eigenvalue weighted by atomic mass is 32.2. The molecule has 0 saturated heterocycles. The zero-order chi connectivity index (χ0) is 15.5. The maximum atomic E-state index is 13.0. The predicted octanol–water partition coefficient (Wildman–Crippen LogP) is 2.21. The number of thiophene rings is 1. The van der Waals surface area contributed by atoms with E-state index in [1.54, 1.807) is 18.4 Å². The summed E-state index contributed by atoms with van der Waals surface area (Å²) in [6.45, 7) is 1.70. The lowest BCUT2D eigenvalue weighted by Gasteiger charge is -2.08. The van der Waals surface area contributed by atoms with Gasteiger partial charge in [0.05, 0.1) is 11.5 Å². The number of halogens is 1. The van der Waals surface area contributed by atoms with Gasteiger partial charge in [-0.3, -0.25) is 0 Å². The third-order valence-corrected chi connectivity index (χ3v) is 5.71. The Balaban J connectivity index is 2.02. The zero-order valence-electron chi connectivity index (χ0n) is 11.5. The van der Waals surface area contributed by atoms with Crippen LogP contribution in [0.2, 0.25) is 0 Å². The van der Waals surface area contributed by atoms with Crippen molar-refractivity contribution in [2.75, 3.05) is 6.54 Å². The van der Waals surface area contributed by atoms with Crippen LogP contribution in [0.1, 0.15) is 16.0 Å². The van der Waals surface area contributed by atoms with Crippen molar-refractivity contribution in [3.05, 3.63) is 51.5 Å². The highest BCUT2D eigenvalue weighted by molar-refractivity contribution is 7.89. The first-order valence-corrected chi connectivity index (χ1v) is 8.72. The largest absolute Gasteiger partial charge is 0.391 e. The van der Waals surface area contributed by atoms with E-state index >= 15 is 0 Å². The Morgan fingerprint density at radius 2 is 2.10 bits per heavy atom. The average molecular weight is 329 g/mol. The van der Waals surface area contributed by atoms with E-state index in [4.69, 9.17) is 5.11 Å². The lowest BCUT2D eigenvalue weighted by atomic mass is 10.1. The van der Waals surface area contributed by atoms with E-state index in [-0.39, 0.29) is 23.9 Å². The summed E-state index contributed by atoms with van der Waals surface area (Å²) in [4.78, 5) is 0.534. The summed E-state index contributed by atoms with van der Waals surface area (Å²) < 4.78 is 39.7. The van der Waals surface area contributed by atoms with Crippen LogP contribution >= 0.6 is 11.3 Å². The van der Waals surface area contributed by atoms with E-state index in [0.29, 0.717) is 11.3 Å². The SMILES string of the molecule is Cc1cc(F)ccc1CCNS(=O)(=O)c1ccsc1CO. The maximum Gasteiger partial charge on any atom is 0.241 e. The Labute approximate surface area is 127 Å². The zero-order valence-corrected chi connectivity index (χ0v) is 13.1. The van der Waals surface area contributed by atoms with Crippen LogP contribution in [0, 0.1) is 12.7 Å². The number of aliphatic hydroxyl groups excluding tert-OH is 1. The highest BCUT2D eigenvalue weighted by Crippen LogP contribution is 2.21. The van der Waals surface area contributed by atoms with Crippen molar-refractivity contribution in [1.82, 2.24) is 4.72 Å². The summed E-state index contributed by atoms with van der Waals surface area (Å²) in [6, 6.07) is 5.91. The van der Waals surface area contributed by atoms with E-state index in [2.05, 4.69) is 4.72 Å². The molecule has 1 heterocycles. The molecule has 2 aromatic rings. The minimum Gasteiger partial charge on any atom is -0.391 e. The number of hydrogen-bond acceptors (Lipinski definition) is 4. The van der Waals surface area contributed by atoms with Gasteiger partial charge in [-0.25, -0.2) is 17.5 Å². The van der Waals surface area contributed by atoms with Gasteiger partial charge < -0.3 is 5.11 Å². The number of benzene rings is 1. The molecule has 0 aliphatic heterocycles. The lowest BCUT2D eigenvalue weighted by molar-refractivity contribution is 0.282. The minimum atomic E-state index is -3.62. The molecule has 21 heavy (non-hydrogen) atoms. The quantitative estimate of drug-likeness (QED) is 0.854. The summed E-state index contributed by atoms with van der Waals surface area (Å²) >= 11 is 1.20. The summed E-state index contributed by atoms with van der Waals surface area (Å²) in [7, 11) is -3.62. The fraction of sp³-hybridized carbons (Fsp3) is 0.286. The summed E-state index contributed by atoms with van der Waals surface area (Å²) in [5.74, 6) is -0.303. The highest BCUT2D eigenvalue weighted by Gasteiger charge is 2.18. The number of rotatable bonds is 6. The van der Waals surface area contributed by atoms with E-state index in [0.717, 1.165) is 11.1 Å². The van der Waals surface area contributed by atoms with Crippen molar-refractivity contribution in [2.45, 2.75) is 24.8 Å². The van der Waals surface area contributed by atoms with Gasteiger partial charge in [-0.2, -0.15) is 0 Å². The molecular weight excluding hydrogens is 313 g/mol. The second-order valence-electron chi connectivity index (χ2n) is 4.58. The first kappa shape index (κ1) is 16.1. The Hall–Kier alpha value is -1.28. The van der Waals surface area contributed by atoms with Crippen LogP contribution < -0.4 is 4.72 Å². The number of aryl methyl sites for hydroxylation is 1. The molecule has 114 valence electrons. The van der Waals surface area contributed by atoms with Crippen LogP contribution in [0.3, 0.4) is 0 Å². The van der Waals surface area contributed by atoms with Crippen LogP contribution in [0.25, 0.3) is 0 Å². The fourth-order valence-corrected chi connectivity index (χ4v) is 4.35. The standard InChI is InChI=1S/C14H16FNO3S2/c1-10-8-12(15)3-2-11(10)4-6-16-21(18,19)14-5-7-20-13(14)9-17/h2-3,5,7-8,16-17H,4,6,9H2,1H3. The van der Waals surface area contributed by atoms with Gasteiger partial charge >= 0.3 is 0 Å². The van der Waals surface area contributed by atoms with E-state index in [9.17, 15) is 12.8 Å². The summed E-state index contributed by atoms with van der Waals surface area (Å²) in [5, 5.41) is 10.7. The van der Waals surface area contributed by atoms with E-state index in [1.807, 2.05) is 0 Å². The average Bonchev–Trinajstić information content (AvgIpc) is 2.90. The van der Waals surface area contributed by atoms with Gasteiger partial charge in [-0.05, 0) is 48.1 Å². The van der Waals surface area contributed by atoms with Gasteiger partial charge in [-0.15, -0.1) is 11.3 Å². The molecule has 1 aromatic carbocycles. The van der Waals surface area contributed by atoms with Crippen LogP contribution in [0.15, 0.2) is 34.5 Å². The predicted molar refractivity (Wildman–Crippen MR) is 80.3 cm³/mol. The molecular formula is C14H16FNO3S2. The molecule has 0 atom stereocenters. The molecule has 0 unspecified atom stereocenters. The van der Waals surface area contributed by atoms with Crippen LogP contribution in [0.4, 0.5) is 4.39 Å². The van der Waals surface area contributed by atoms with E-state index in [1.165, 1.54) is 29.5 Å². The van der Waals surface area contributed by atoms with Crippen molar-refractivity contribution in [3.8, 4) is 0 Å². The van der Waals surface area contributed by atoms with Crippen molar-refractivity contribution < 1.29 is 17.9 Å². The first-order valence-electron chi connectivity index (χ1n) is 6.36. The minimum absolute atomic E-state index is 0.117. The molecule has 0 spiro atoms. The van der Waals surface area contributed by atoms with Gasteiger partial charge in [0.15, 0.2) is 0 Å². The Morgan fingerprint density at radius 3 is 2.76 bits per heavy atom. The fourth-order valence-electron chi connectivity index (χ4n) is 2.02. The molecule has 0 bridgehead atoms. The van der Waals surface area contributed by atoms with E-state index < -0.39 is 10.0 Å². The monoisotopic (exact) mass is 329 g/mol. The first-order chi connectivity index (χ1) is 9.94. The number of nitrogens with one attached hydrogen (secondary N) is 1. The molecule has 0 fully saturated rings. The molecule has 0 amide bonds. The molecule has 2 N–H and O–H groups in total. The smallest absolute Gasteiger partial charge is 0.241 e. The van der Waals surface area contributed by atoms with Crippen LogP contribution in [0.5, 0.6) is 0 Å². The molecule has 1 aromatic heterocycles. The van der Waals surface area contributed by atoms with Crippen molar-refractivity contribution in [3.63, 3.8) is 0 Å². The molecule has 0 aliphatic carbocycles. The van der Waals surface area contributed by atoms with Crippen molar-refractivity contribution in [2.24, 2.45) is 0 Å². The molecule has 2 rings (SSSR count). The van der Waals surface area contributed by atoms with Crippen molar-refractivity contribution in [1.29, 1.82) is 0 Å². The number of sulfonamides is 1. The van der Waals surface area contributed by atoms with Crippen LogP contribution in [-0.4, -0.2) is 20.1 Å². The molecule has 0 aliphatic rings. The van der Waals surface area contributed by atoms with Gasteiger partial charge in [-0.1, -0.05) is 6.07 Å². The molecule has 0 saturated carbocycles. The second kappa shape index (κ2) is 6.65. The third-order valence-electron chi connectivity index (χ3n) is 3.13. The van der Waals surface area contributed by atoms with Crippen LogP contribution in [-0.2, 0) is 23.1 Å².